The van der Waals surface area contributed by atoms with Crippen LogP contribution in [0.2, 0.25) is 0 Å². The van der Waals surface area contributed by atoms with Gasteiger partial charge in [0.2, 0.25) is 25.0 Å². The lowest BCUT2D eigenvalue weighted by atomic mass is 9.98. The highest BCUT2D eigenvalue weighted by molar-refractivity contribution is 7.90. The molecule has 6 rings (SSSR count). The van der Waals surface area contributed by atoms with E-state index in [9.17, 15) is 21.6 Å². The van der Waals surface area contributed by atoms with Gasteiger partial charge >= 0.3 is 6.09 Å². The molecule has 0 bridgehead atoms. The summed E-state index contributed by atoms with van der Waals surface area (Å²) in [6.07, 6.45) is 0.555. The first-order valence-corrected chi connectivity index (χ1v) is 15.8. The van der Waals surface area contributed by atoms with Gasteiger partial charge in [-0.3, -0.25) is 0 Å². The predicted octanol–water partition coefficient (Wildman–Crippen LogP) is 3.22. The van der Waals surface area contributed by atoms with Crippen LogP contribution in [0.15, 0.2) is 76.8 Å². The van der Waals surface area contributed by atoms with Crippen LogP contribution < -0.4 is 0 Å². The van der Waals surface area contributed by atoms with Crippen molar-refractivity contribution in [2.75, 3.05) is 39.0 Å². The van der Waals surface area contributed by atoms with Gasteiger partial charge in [-0.1, -0.05) is 48.5 Å². The molecule has 39 heavy (non-hydrogen) atoms. The van der Waals surface area contributed by atoms with Crippen LogP contribution in [0.1, 0.15) is 17.0 Å². The van der Waals surface area contributed by atoms with Crippen molar-refractivity contribution < 1.29 is 26.4 Å². The monoisotopic (exact) mass is 566 g/mol. The van der Waals surface area contributed by atoms with E-state index in [-0.39, 0.29) is 48.8 Å². The number of imidazole rings is 1. The van der Waals surface area contributed by atoms with E-state index in [0.717, 1.165) is 28.5 Å². The van der Waals surface area contributed by atoms with Crippen LogP contribution in [0.25, 0.3) is 22.2 Å². The van der Waals surface area contributed by atoms with E-state index in [4.69, 9.17) is 4.74 Å². The highest BCUT2D eigenvalue weighted by Gasteiger charge is 2.33. The second-order valence-corrected chi connectivity index (χ2v) is 13.6. The molecule has 0 unspecified atom stereocenters. The molecule has 12 heteroatoms. The van der Waals surface area contributed by atoms with Crippen molar-refractivity contribution in [1.29, 1.82) is 0 Å². The number of H-pyrrole nitrogens is 1. The van der Waals surface area contributed by atoms with E-state index in [2.05, 4.69) is 34.2 Å². The molecule has 2 aliphatic rings. The van der Waals surface area contributed by atoms with Gasteiger partial charge in [0.25, 0.3) is 0 Å². The molecule has 202 valence electrons. The third-order valence-electron chi connectivity index (χ3n) is 7.25. The first kappa shape index (κ1) is 25.5. The third-order valence-corrected chi connectivity index (χ3v) is 10.0. The summed E-state index contributed by atoms with van der Waals surface area (Å²) in [6.45, 7) is 0.816. The minimum Gasteiger partial charge on any atom is -0.448 e. The van der Waals surface area contributed by atoms with E-state index < -0.39 is 26.0 Å². The molecule has 3 aromatic carbocycles. The number of piperazine rings is 1. The molecule has 0 spiro atoms. The Labute approximate surface area is 226 Å². The summed E-state index contributed by atoms with van der Waals surface area (Å²) in [4.78, 5) is 21.1. The Kier molecular flexibility index (Phi) is 6.20. The Morgan fingerprint density at radius 2 is 1.54 bits per heavy atom. The number of hydrogen-bond acceptors (Lipinski definition) is 7. The smallest absolute Gasteiger partial charge is 0.409 e. The minimum atomic E-state index is -3.86. The van der Waals surface area contributed by atoms with Gasteiger partial charge in [-0.25, -0.2) is 26.6 Å². The second-order valence-electron chi connectivity index (χ2n) is 9.69. The molecular formula is C27H26N4O6S2. The van der Waals surface area contributed by atoms with E-state index in [1.165, 1.54) is 27.4 Å². The summed E-state index contributed by atoms with van der Waals surface area (Å²) < 4.78 is 57.2. The van der Waals surface area contributed by atoms with Gasteiger partial charge in [-0.15, -0.1) is 0 Å². The molecule has 1 amide bonds. The molecule has 0 saturated carbocycles. The molecule has 0 radical (unpaired) electrons. The summed E-state index contributed by atoms with van der Waals surface area (Å²) in [5.74, 6) is -0.0522. The van der Waals surface area contributed by atoms with E-state index in [0.29, 0.717) is 11.0 Å². The summed E-state index contributed by atoms with van der Waals surface area (Å²) >= 11 is 0. The van der Waals surface area contributed by atoms with Crippen molar-refractivity contribution in [2.45, 2.75) is 16.0 Å². The number of ether oxygens (including phenoxy) is 1. The quantitative estimate of drug-likeness (QED) is 0.393. The summed E-state index contributed by atoms with van der Waals surface area (Å²) in [5, 5.41) is -0.219. The fourth-order valence-electron chi connectivity index (χ4n) is 5.25. The highest BCUT2D eigenvalue weighted by Crippen LogP contribution is 2.44. The first-order chi connectivity index (χ1) is 18.6. The molecule has 1 fully saturated rings. The summed E-state index contributed by atoms with van der Waals surface area (Å²) in [5.41, 5.74) is 5.21. The van der Waals surface area contributed by atoms with Gasteiger partial charge in [0.05, 0.1) is 15.9 Å². The lowest BCUT2D eigenvalue weighted by Gasteiger charge is -2.33. The molecule has 1 N–H and O–H groups in total. The van der Waals surface area contributed by atoms with Crippen LogP contribution in [-0.2, 0) is 24.6 Å². The third kappa shape index (κ3) is 4.58. The number of carbonyl (C=O) groups excluding carboxylic acids is 1. The number of aromatic nitrogens is 2. The average molecular weight is 567 g/mol. The Hall–Kier alpha value is -3.74. The minimum absolute atomic E-state index is 0.0216. The Balaban J connectivity index is 1.11. The number of sulfone groups is 1. The van der Waals surface area contributed by atoms with Crippen LogP contribution >= 0.6 is 0 Å². The van der Waals surface area contributed by atoms with Crippen LogP contribution in [0.5, 0.6) is 0 Å². The number of carbonyl (C=O) groups is 1. The maximum atomic E-state index is 13.3. The topological polar surface area (TPSA) is 130 Å². The maximum Gasteiger partial charge on any atom is 0.409 e. The van der Waals surface area contributed by atoms with Crippen LogP contribution in [0.3, 0.4) is 0 Å². The fourth-order valence-corrected chi connectivity index (χ4v) is 7.26. The molecule has 2 heterocycles. The molecule has 1 aliphatic carbocycles. The zero-order valence-corrected chi connectivity index (χ0v) is 22.7. The van der Waals surface area contributed by atoms with Crippen LogP contribution in [0.4, 0.5) is 4.79 Å². The fraction of sp³-hybridized carbons (Fsp3) is 0.259. The number of rotatable bonds is 5. The zero-order valence-electron chi connectivity index (χ0n) is 21.1. The average Bonchev–Trinajstić information content (AvgIpc) is 3.51. The van der Waals surface area contributed by atoms with E-state index in [1.54, 1.807) is 0 Å². The van der Waals surface area contributed by atoms with E-state index >= 15 is 0 Å². The Morgan fingerprint density at radius 1 is 0.923 bits per heavy atom. The normalized spacial score (nSPS) is 16.3. The van der Waals surface area contributed by atoms with Crippen molar-refractivity contribution in [1.82, 2.24) is 19.2 Å². The number of hydrogen-bond donors (Lipinski definition) is 1. The summed E-state index contributed by atoms with van der Waals surface area (Å²) in [7, 11) is -7.43. The first-order valence-electron chi connectivity index (χ1n) is 12.4. The molecule has 4 aromatic rings. The largest absolute Gasteiger partial charge is 0.448 e. The lowest BCUT2D eigenvalue weighted by Crippen LogP contribution is -2.50. The van der Waals surface area contributed by atoms with Gasteiger partial charge < -0.3 is 14.6 Å². The highest BCUT2D eigenvalue weighted by atomic mass is 32.2. The Morgan fingerprint density at radius 3 is 2.15 bits per heavy atom. The number of benzene rings is 3. The molecular weight excluding hydrogens is 540 g/mol. The van der Waals surface area contributed by atoms with Gasteiger partial charge in [-0.05, 0) is 40.5 Å². The number of sulfonamides is 1. The SMILES string of the molecule is CS(=O)(=O)c1nc2ccc(S(=O)(=O)N3CCN(C(=O)OCC4c5ccccc5-c5ccccc54)CC3)cc2[nH]1. The molecule has 1 aromatic heterocycles. The molecule has 1 saturated heterocycles. The lowest BCUT2D eigenvalue weighted by molar-refractivity contribution is 0.0871. The maximum absolute atomic E-state index is 13.3. The van der Waals surface area contributed by atoms with Gasteiger partial charge in [0, 0.05) is 38.4 Å². The van der Waals surface area contributed by atoms with Gasteiger partial charge in [-0.2, -0.15) is 4.31 Å². The summed E-state index contributed by atoms with van der Waals surface area (Å²) in [6, 6.07) is 20.5. The van der Waals surface area contributed by atoms with Crippen LogP contribution in [-0.4, -0.2) is 81.1 Å². The van der Waals surface area contributed by atoms with E-state index in [1.807, 2.05) is 24.3 Å². The van der Waals surface area contributed by atoms with Gasteiger partial charge in [0.1, 0.15) is 6.61 Å². The number of nitrogens with one attached hydrogen (secondary N) is 1. The van der Waals surface area contributed by atoms with Crippen molar-refractivity contribution >= 4 is 37.0 Å². The second kappa shape index (κ2) is 9.47. The number of aromatic amines is 1. The van der Waals surface area contributed by atoms with Crippen molar-refractivity contribution in [3.8, 4) is 11.1 Å². The zero-order chi connectivity index (χ0) is 27.4. The number of nitrogens with zero attached hydrogens (tertiary/aromatic N) is 3. The number of fused-ring (bicyclic) bond motifs is 4. The standard InChI is InChI=1S/C27H26N4O6S2/c1-38(33,34)26-28-24-11-10-18(16-25(24)29-26)39(35,36)31-14-12-30(13-15-31)27(32)37-17-23-21-8-4-2-6-19(21)20-7-3-5-9-22(20)23/h2-11,16,23H,12-15,17H2,1H3,(H,28,29). The molecule has 10 nitrogen and oxygen atoms in total. The van der Waals surface area contributed by atoms with Gasteiger partial charge in [0.15, 0.2) is 0 Å². The molecule has 0 atom stereocenters. The predicted molar refractivity (Wildman–Crippen MR) is 145 cm³/mol. The van der Waals surface area contributed by atoms with Crippen molar-refractivity contribution in [3.05, 3.63) is 77.9 Å². The van der Waals surface area contributed by atoms with Crippen LogP contribution in [0, 0.1) is 0 Å². The molecule has 1 aliphatic heterocycles. The van der Waals surface area contributed by atoms with Crippen molar-refractivity contribution in [2.24, 2.45) is 0 Å². The Bertz CT molecular complexity index is 1760. The van der Waals surface area contributed by atoms with Crippen molar-refractivity contribution in [3.63, 3.8) is 0 Å². The number of amides is 1.